The number of benzene rings is 2. The molecule has 0 atom stereocenters. The van der Waals surface area contributed by atoms with Gasteiger partial charge in [0.25, 0.3) is 0 Å². The van der Waals surface area contributed by atoms with Crippen molar-refractivity contribution in [1.29, 1.82) is 0 Å². The Morgan fingerprint density at radius 2 is 1.91 bits per heavy atom. The molecule has 1 fully saturated rings. The molecule has 4 heteroatoms. The van der Waals surface area contributed by atoms with Gasteiger partial charge in [-0.15, -0.1) is 0 Å². The molecule has 2 aromatic rings. The molecule has 1 aliphatic rings. The summed E-state index contributed by atoms with van der Waals surface area (Å²) in [6.45, 7) is 2.59. The number of rotatable bonds is 4. The lowest BCUT2D eigenvalue weighted by molar-refractivity contribution is 0.251. The van der Waals surface area contributed by atoms with Gasteiger partial charge in [0.2, 0.25) is 0 Å². The van der Waals surface area contributed by atoms with Gasteiger partial charge < -0.3 is 10.6 Å². The van der Waals surface area contributed by atoms with Gasteiger partial charge in [-0.2, -0.15) is 0 Å². The maximum absolute atomic E-state index is 12.1. The average molecular weight is 315 g/mol. The van der Waals surface area contributed by atoms with E-state index in [0.717, 1.165) is 24.1 Å². The number of urea groups is 1. The zero-order valence-electron chi connectivity index (χ0n) is 12.5. The molecule has 0 unspecified atom stereocenters. The molecule has 0 heterocycles. The van der Waals surface area contributed by atoms with Gasteiger partial charge in [-0.1, -0.05) is 41.9 Å². The lowest BCUT2D eigenvalue weighted by atomic mass is 9.96. The minimum atomic E-state index is -0.173. The third kappa shape index (κ3) is 3.25. The molecule has 0 aliphatic heterocycles. The third-order valence-electron chi connectivity index (χ3n) is 4.26. The Labute approximate surface area is 135 Å². The van der Waals surface area contributed by atoms with E-state index in [9.17, 15) is 4.79 Å². The molecule has 0 radical (unpaired) electrons. The van der Waals surface area contributed by atoms with Gasteiger partial charge in [0.15, 0.2) is 0 Å². The number of aryl methyl sites for hydroxylation is 1. The van der Waals surface area contributed by atoms with E-state index in [2.05, 4.69) is 22.8 Å². The van der Waals surface area contributed by atoms with Gasteiger partial charge in [-0.05, 0) is 49.1 Å². The Kier molecular flexibility index (Phi) is 4.08. The molecule has 0 bridgehead atoms. The second kappa shape index (κ2) is 6.01. The first-order valence-corrected chi connectivity index (χ1v) is 7.83. The van der Waals surface area contributed by atoms with Gasteiger partial charge in [-0.25, -0.2) is 4.79 Å². The smallest absolute Gasteiger partial charge is 0.319 e. The lowest BCUT2D eigenvalue weighted by Gasteiger charge is -2.17. The summed E-state index contributed by atoms with van der Waals surface area (Å²) < 4.78 is 0. The minimum Gasteiger partial charge on any atom is -0.337 e. The predicted molar refractivity (Wildman–Crippen MR) is 90.6 cm³/mol. The van der Waals surface area contributed by atoms with Crippen molar-refractivity contribution in [3.8, 4) is 0 Å². The van der Waals surface area contributed by atoms with Crippen LogP contribution in [0.15, 0.2) is 48.5 Å². The highest BCUT2D eigenvalue weighted by molar-refractivity contribution is 6.30. The van der Waals surface area contributed by atoms with Gasteiger partial charge >= 0.3 is 6.03 Å². The standard InChI is InChI=1S/C18H19ClN2O/c1-13-11-15(19)7-8-16(13)21-17(22)20-12-18(9-10-18)14-5-3-2-4-6-14/h2-8,11H,9-10,12H2,1H3,(H2,20,21,22). The summed E-state index contributed by atoms with van der Waals surface area (Å²) in [4.78, 5) is 12.1. The summed E-state index contributed by atoms with van der Waals surface area (Å²) in [6, 6.07) is 15.6. The first-order chi connectivity index (χ1) is 10.6. The Hall–Kier alpha value is -2.00. The van der Waals surface area contributed by atoms with E-state index in [4.69, 9.17) is 11.6 Å². The summed E-state index contributed by atoms with van der Waals surface area (Å²) in [6.07, 6.45) is 2.24. The Balaban J connectivity index is 1.59. The first-order valence-electron chi connectivity index (χ1n) is 7.46. The van der Waals surface area contributed by atoms with E-state index in [0.29, 0.717) is 11.6 Å². The van der Waals surface area contributed by atoms with E-state index in [1.165, 1.54) is 5.56 Å². The van der Waals surface area contributed by atoms with Crippen molar-refractivity contribution in [3.63, 3.8) is 0 Å². The molecule has 114 valence electrons. The lowest BCUT2D eigenvalue weighted by Crippen LogP contribution is -2.35. The summed E-state index contributed by atoms with van der Waals surface area (Å²) in [5.41, 5.74) is 3.16. The van der Waals surface area contributed by atoms with Crippen LogP contribution in [0.4, 0.5) is 10.5 Å². The molecule has 22 heavy (non-hydrogen) atoms. The van der Waals surface area contributed by atoms with Crippen molar-refractivity contribution in [2.24, 2.45) is 0 Å². The van der Waals surface area contributed by atoms with Gasteiger partial charge in [0.1, 0.15) is 0 Å². The van der Waals surface area contributed by atoms with Crippen LogP contribution in [-0.4, -0.2) is 12.6 Å². The first kappa shape index (κ1) is 14.9. The molecule has 0 aromatic heterocycles. The van der Waals surface area contributed by atoms with Crippen LogP contribution in [0.2, 0.25) is 5.02 Å². The van der Waals surface area contributed by atoms with Crippen LogP contribution in [0.3, 0.4) is 0 Å². The number of nitrogens with one attached hydrogen (secondary N) is 2. The summed E-state index contributed by atoms with van der Waals surface area (Å²) in [5.74, 6) is 0. The quantitative estimate of drug-likeness (QED) is 0.857. The second-order valence-corrected chi connectivity index (χ2v) is 6.35. The van der Waals surface area contributed by atoms with Crippen molar-refractivity contribution in [2.75, 3.05) is 11.9 Å². The minimum absolute atomic E-state index is 0.119. The fraction of sp³-hybridized carbons (Fsp3) is 0.278. The molecule has 3 rings (SSSR count). The number of halogens is 1. The number of hydrogen-bond acceptors (Lipinski definition) is 1. The number of carbonyl (C=O) groups is 1. The Morgan fingerprint density at radius 1 is 1.18 bits per heavy atom. The monoisotopic (exact) mass is 314 g/mol. The van der Waals surface area contributed by atoms with Crippen molar-refractivity contribution < 1.29 is 4.79 Å². The largest absolute Gasteiger partial charge is 0.337 e. The number of carbonyl (C=O) groups excluding carboxylic acids is 1. The number of anilines is 1. The normalized spacial score (nSPS) is 15.2. The van der Waals surface area contributed by atoms with Crippen molar-refractivity contribution in [2.45, 2.75) is 25.2 Å². The molecular formula is C18H19ClN2O. The molecule has 2 amide bonds. The van der Waals surface area contributed by atoms with E-state index in [1.807, 2.05) is 37.3 Å². The maximum Gasteiger partial charge on any atom is 0.319 e. The van der Waals surface area contributed by atoms with Crippen molar-refractivity contribution in [1.82, 2.24) is 5.32 Å². The molecule has 0 saturated heterocycles. The van der Waals surface area contributed by atoms with Crippen molar-refractivity contribution in [3.05, 3.63) is 64.7 Å². The molecule has 3 nitrogen and oxygen atoms in total. The van der Waals surface area contributed by atoms with Crippen LogP contribution in [-0.2, 0) is 5.41 Å². The SMILES string of the molecule is Cc1cc(Cl)ccc1NC(=O)NCC1(c2ccccc2)CC1. The van der Waals surface area contributed by atoms with Crippen LogP contribution in [0.25, 0.3) is 0 Å². The maximum atomic E-state index is 12.1. The highest BCUT2D eigenvalue weighted by Crippen LogP contribution is 2.47. The molecule has 1 aliphatic carbocycles. The van der Waals surface area contributed by atoms with Crippen LogP contribution in [0.5, 0.6) is 0 Å². The van der Waals surface area contributed by atoms with E-state index < -0.39 is 0 Å². The molecule has 2 N–H and O–H groups in total. The summed E-state index contributed by atoms with van der Waals surface area (Å²) in [7, 11) is 0. The number of amides is 2. The van der Waals surface area contributed by atoms with Gasteiger partial charge in [0, 0.05) is 22.7 Å². The van der Waals surface area contributed by atoms with Crippen LogP contribution < -0.4 is 10.6 Å². The number of hydrogen-bond donors (Lipinski definition) is 2. The Bertz CT molecular complexity index is 681. The molecule has 0 spiro atoms. The highest BCUT2D eigenvalue weighted by atomic mass is 35.5. The Morgan fingerprint density at radius 3 is 2.55 bits per heavy atom. The predicted octanol–water partition coefficient (Wildman–Crippen LogP) is 4.50. The zero-order chi connectivity index (χ0) is 15.6. The molecule has 1 saturated carbocycles. The second-order valence-electron chi connectivity index (χ2n) is 5.91. The zero-order valence-corrected chi connectivity index (χ0v) is 13.3. The van der Waals surface area contributed by atoms with E-state index in [-0.39, 0.29) is 11.4 Å². The van der Waals surface area contributed by atoms with E-state index >= 15 is 0 Å². The van der Waals surface area contributed by atoms with Crippen molar-refractivity contribution >= 4 is 23.3 Å². The third-order valence-corrected chi connectivity index (χ3v) is 4.50. The van der Waals surface area contributed by atoms with Crippen LogP contribution in [0.1, 0.15) is 24.0 Å². The summed E-state index contributed by atoms with van der Waals surface area (Å²) >= 11 is 5.92. The molecule has 2 aromatic carbocycles. The highest BCUT2D eigenvalue weighted by Gasteiger charge is 2.44. The van der Waals surface area contributed by atoms with Crippen LogP contribution in [0, 0.1) is 6.92 Å². The van der Waals surface area contributed by atoms with Gasteiger partial charge in [-0.3, -0.25) is 0 Å². The molecular weight excluding hydrogens is 296 g/mol. The fourth-order valence-electron chi connectivity index (χ4n) is 2.69. The fourth-order valence-corrected chi connectivity index (χ4v) is 2.92. The van der Waals surface area contributed by atoms with Gasteiger partial charge in [0.05, 0.1) is 0 Å². The average Bonchev–Trinajstić information content (AvgIpc) is 3.30. The van der Waals surface area contributed by atoms with E-state index in [1.54, 1.807) is 6.07 Å². The van der Waals surface area contributed by atoms with Crippen LogP contribution >= 0.6 is 11.6 Å². The topological polar surface area (TPSA) is 41.1 Å². The summed E-state index contributed by atoms with van der Waals surface area (Å²) in [5, 5.41) is 6.54.